The molecule has 0 bridgehead atoms. The number of carbonyl (C=O) groups is 1. The highest BCUT2D eigenvalue weighted by atomic mass is 79.9. The number of hydrogen-bond acceptors (Lipinski definition) is 3. The third kappa shape index (κ3) is 4.51. The Kier molecular flexibility index (Phi) is 6.42. The largest absolute Gasteiger partial charge is 0.497 e. The number of hydrogen-bond donors (Lipinski definition) is 0. The van der Waals surface area contributed by atoms with E-state index in [1.165, 1.54) is 5.56 Å². The molecule has 0 unspecified atom stereocenters. The lowest BCUT2D eigenvalue weighted by molar-refractivity contribution is -0.686. The minimum atomic E-state index is 0. The van der Waals surface area contributed by atoms with E-state index in [0.717, 1.165) is 17.0 Å². The molecule has 0 spiro atoms. The van der Waals surface area contributed by atoms with Crippen LogP contribution in [0.5, 0.6) is 5.75 Å². The van der Waals surface area contributed by atoms with Gasteiger partial charge in [-0.15, -0.1) is 17.0 Å². The number of Topliss-reactive ketones (excluding diaryl/α,β-unsaturated/α-hetero) is 1. The van der Waals surface area contributed by atoms with Gasteiger partial charge in [-0.05, 0) is 41.7 Å². The van der Waals surface area contributed by atoms with E-state index in [1.807, 2.05) is 30.5 Å². The smallest absolute Gasteiger partial charge is 0.287 e. The van der Waals surface area contributed by atoms with Crippen LogP contribution < -0.4 is 9.30 Å². The second-order valence-electron chi connectivity index (χ2n) is 5.58. The van der Waals surface area contributed by atoms with E-state index in [4.69, 9.17) is 4.74 Å². The number of methoxy groups -OCH3 is 1. The molecular formula is C20H20BrN2O2+. The third-order valence-corrected chi connectivity index (χ3v) is 3.93. The summed E-state index contributed by atoms with van der Waals surface area (Å²) in [6, 6.07) is 17.2. The second kappa shape index (κ2) is 8.53. The van der Waals surface area contributed by atoms with Gasteiger partial charge in [0, 0.05) is 17.2 Å². The summed E-state index contributed by atoms with van der Waals surface area (Å²) in [6.45, 7) is 2.32. The van der Waals surface area contributed by atoms with E-state index in [1.54, 1.807) is 42.3 Å². The number of carbonyl (C=O) groups excluding carboxylic acids is 1. The molecule has 0 saturated heterocycles. The van der Waals surface area contributed by atoms with Gasteiger partial charge >= 0.3 is 0 Å². The standard InChI is InChI=1S/C20H19N2O2.BrH/c1-15-5-3-4-6-18(15)19-11-12-22(14-21-19)13-20(23)16-7-9-17(24-2)10-8-16;/h3-12,14H,13H2,1-2H3;1H/q+1;. The Morgan fingerprint density at radius 2 is 1.80 bits per heavy atom. The van der Waals surface area contributed by atoms with Crippen molar-refractivity contribution in [2.24, 2.45) is 0 Å². The first-order chi connectivity index (χ1) is 11.7. The van der Waals surface area contributed by atoms with Crippen LogP contribution in [0.15, 0.2) is 67.1 Å². The van der Waals surface area contributed by atoms with Crippen molar-refractivity contribution in [3.63, 3.8) is 0 Å². The van der Waals surface area contributed by atoms with Crippen molar-refractivity contribution >= 4 is 22.8 Å². The van der Waals surface area contributed by atoms with Crippen LogP contribution in [0.4, 0.5) is 0 Å². The SMILES string of the molecule is Br.COc1ccc(C(=O)C[n+]2ccc(-c3ccccc3C)nc2)cc1. The van der Waals surface area contributed by atoms with Gasteiger partial charge in [0.1, 0.15) is 5.75 Å². The lowest BCUT2D eigenvalue weighted by atomic mass is 10.1. The van der Waals surface area contributed by atoms with Crippen molar-refractivity contribution in [1.29, 1.82) is 0 Å². The van der Waals surface area contributed by atoms with E-state index in [9.17, 15) is 4.79 Å². The van der Waals surface area contributed by atoms with Crippen molar-refractivity contribution in [3.8, 4) is 17.0 Å². The molecular weight excluding hydrogens is 380 g/mol. The van der Waals surface area contributed by atoms with Gasteiger partial charge in [0.15, 0.2) is 12.2 Å². The van der Waals surface area contributed by atoms with Crippen LogP contribution in [0, 0.1) is 6.92 Å². The van der Waals surface area contributed by atoms with Gasteiger partial charge < -0.3 is 4.74 Å². The third-order valence-electron chi connectivity index (χ3n) is 3.93. The number of aryl methyl sites for hydroxylation is 1. The normalized spacial score (nSPS) is 10.0. The summed E-state index contributed by atoms with van der Waals surface area (Å²) >= 11 is 0. The summed E-state index contributed by atoms with van der Waals surface area (Å²) in [5.74, 6) is 0.775. The van der Waals surface area contributed by atoms with Crippen LogP contribution in [-0.4, -0.2) is 17.9 Å². The van der Waals surface area contributed by atoms with Gasteiger partial charge in [0.05, 0.1) is 13.3 Å². The molecule has 0 amide bonds. The zero-order valence-corrected chi connectivity index (χ0v) is 15.9. The average molecular weight is 400 g/mol. The summed E-state index contributed by atoms with van der Waals surface area (Å²) in [4.78, 5) is 16.8. The number of rotatable bonds is 5. The zero-order chi connectivity index (χ0) is 16.9. The van der Waals surface area contributed by atoms with Gasteiger partial charge in [0.2, 0.25) is 5.78 Å². The monoisotopic (exact) mass is 399 g/mol. The highest BCUT2D eigenvalue weighted by Gasteiger charge is 2.12. The first-order valence-electron chi connectivity index (χ1n) is 7.76. The Hall–Kier alpha value is -2.53. The van der Waals surface area contributed by atoms with Crippen LogP contribution in [0.3, 0.4) is 0 Å². The molecule has 0 aliphatic carbocycles. The molecule has 128 valence electrons. The van der Waals surface area contributed by atoms with Crippen LogP contribution >= 0.6 is 17.0 Å². The molecule has 0 atom stereocenters. The molecule has 1 aromatic heterocycles. The van der Waals surface area contributed by atoms with E-state index < -0.39 is 0 Å². The molecule has 0 N–H and O–H groups in total. The second-order valence-corrected chi connectivity index (χ2v) is 5.58. The molecule has 25 heavy (non-hydrogen) atoms. The maximum atomic E-state index is 12.3. The quantitative estimate of drug-likeness (QED) is 0.483. The number of ether oxygens (including phenoxy) is 1. The summed E-state index contributed by atoms with van der Waals surface area (Å²) in [6.07, 6.45) is 3.58. The Morgan fingerprint density at radius 3 is 2.40 bits per heavy atom. The average Bonchev–Trinajstić information content (AvgIpc) is 2.63. The van der Waals surface area contributed by atoms with Crippen molar-refractivity contribution in [1.82, 2.24) is 4.98 Å². The summed E-state index contributed by atoms with van der Waals surface area (Å²) in [5, 5.41) is 0. The molecule has 2 aromatic carbocycles. The van der Waals surface area contributed by atoms with Gasteiger partial charge in [-0.1, -0.05) is 24.3 Å². The molecule has 0 aliphatic heterocycles. The molecule has 0 fully saturated rings. The fourth-order valence-corrected chi connectivity index (χ4v) is 2.53. The molecule has 3 rings (SSSR count). The molecule has 0 aliphatic rings. The van der Waals surface area contributed by atoms with E-state index >= 15 is 0 Å². The van der Waals surface area contributed by atoms with Crippen molar-refractivity contribution in [2.45, 2.75) is 13.5 Å². The van der Waals surface area contributed by atoms with Crippen molar-refractivity contribution in [2.75, 3.05) is 7.11 Å². The maximum Gasteiger partial charge on any atom is 0.287 e. The number of benzene rings is 2. The highest BCUT2D eigenvalue weighted by Crippen LogP contribution is 2.19. The van der Waals surface area contributed by atoms with Crippen molar-refractivity contribution < 1.29 is 14.1 Å². The van der Waals surface area contributed by atoms with E-state index in [0.29, 0.717) is 5.56 Å². The zero-order valence-electron chi connectivity index (χ0n) is 14.2. The molecule has 3 aromatic rings. The topological polar surface area (TPSA) is 43.1 Å². The van der Waals surface area contributed by atoms with Crippen LogP contribution in [0.2, 0.25) is 0 Å². The van der Waals surface area contributed by atoms with E-state index in [2.05, 4.69) is 18.0 Å². The van der Waals surface area contributed by atoms with Gasteiger partial charge in [-0.25, -0.2) is 4.57 Å². The van der Waals surface area contributed by atoms with Gasteiger partial charge in [0.25, 0.3) is 6.33 Å². The Balaban J connectivity index is 0.00000225. The predicted molar refractivity (Wildman–Crippen MR) is 102 cm³/mol. The molecule has 1 heterocycles. The minimum Gasteiger partial charge on any atom is -0.497 e. The summed E-state index contributed by atoms with van der Waals surface area (Å²) in [5.41, 5.74) is 3.84. The molecule has 0 radical (unpaired) electrons. The Bertz CT molecular complexity index is 846. The number of ketones is 1. The van der Waals surface area contributed by atoms with E-state index in [-0.39, 0.29) is 29.3 Å². The first kappa shape index (κ1) is 18.8. The van der Waals surface area contributed by atoms with Crippen molar-refractivity contribution in [3.05, 3.63) is 78.2 Å². The fraction of sp³-hybridized carbons (Fsp3) is 0.150. The summed E-state index contributed by atoms with van der Waals surface area (Å²) in [7, 11) is 1.61. The lowest BCUT2D eigenvalue weighted by Gasteiger charge is -2.03. The van der Waals surface area contributed by atoms with Gasteiger partial charge in [-0.3, -0.25) is 4.79 Å². The van der Waals surface area contributed by atoms with Crippen LogP contribution in [0.1, 0.15) is 15.9 Å². The number of aromatic nitrogens is 2. The van der Waals surface area contributed by atoms with Crippen LogP contribution in [-0.2, 0) is 6.54 Å². The van der Waals surface area contributed by atoms with Crippen LogP contribution in [0.25, 0.3) is 11.3 Å². The lowest BCUT2D eigenvalue weighted by Crippen LogP contribution is -2.37. The molecule has 4 nitrogen and oxygen atoms in total. The fourth-order valence-electron chi connectivity index (χ4n) is 2.53. The highest BCUT2D eigenvalue weighted by molar-refractivity contribution is 8.93. The summed E-state index contributed by atoms with van der Waals surface area (Å²) < 4.78 is 6.89. The predicted octanol–water partition coefficient (Wildman–Crippen LogP) is 3.81. The number of nitrogens with zero attached hydrogens (tertiary/aromatic N) is 2. The van der Waals surface area contributed by atoms with Gasteiger partial charge in [-0.2, -0.15) is 0 Å². The Morgan fingerprint density at radius 1 is 1.08 bits per heavy atom. The Labute approximate surface area is 157 Å². The maximum absolute atomic E-state index is 12.3. The minimum absolute atomic E-state index is 0. The first-order valence-corrected chi connectivity index (χ1v) is 7.76. The number of halogens is 1. The molecule has 5 heteroatoms. The molecule has 0 saturated carbocycles.